The number of nitrogens with one attached hydrogen (secondary N) is 2. The van der Waals surface area contributed by atoms with Gasteiger partial charge < -0.3 is 15.4 Å². The van der Waals surface area contributed by atoms with Gasteiger partial charge in [0.05, 0.1) is 6.10 Å². The molecule has 0 aromatic carbocycles. The lowest BCUT2D eigenvalue weighted by atomic mass is 10.1. The van der Waals surface area contributed by atoms with Gasteiger partial charge in [-0.3, -0.25) is 4.79 Å². The molecule has 1 fully saturated rings. The van der Waals surface area contributed by atoms with Crippen molar-refractivity contribution >= 4 is 18.3 Å². The second-order valence-corrected chi connectivity index (χ2v) is 5.04. The Labute approximate surface area is 123 Å². The Hall–Kier alpha value is -0.320. The molecule has 2 N–H and O–H groups in total. The zero-order chi connectivity index (χ0) is 13.2. The van der Waals surface area contributed by atoms with E-state index in [0.717, 1.165) is 25.9 Å². The van der Waals surface area contributed by atoms with Gasteiger partial charge in [-0.25, -0.2) is 0 Å². The highest BCUT2D eigenvalue weighted by Gasteiger charge is 2.19. The lowest BCUT2D eigenvalue weighted by molar-refractivity contribution is -0.135. The van der Waals surface area contributed by atoms with Gasteiger partial charge in [-0.1, -0.05) is 32.6 Å². The number of hydrogen-bond acceptors (Lipinski definition) is 3. The molecule has 1 atom stereocenters. The maximum absolute atomic E-state index is 11.8. The van der Waals surface area contributed by atoms with Gasteiger partial charge in [0.15, 0.2) is 0 Å². The number of halogens is 1. The molecular formula is C14H29ClN2O2. The summed E-state index contributed by atoms with van der Waals surface area (Å²) >= 11 is 0. The molecular weight excluding hydrogens is 264 g/mol. The van der Waals surface area contributed by atoms with Crippen LogP contribution in [0.25, 0.3) is 0 Å². The minimum absolute atomic E-state index is 0. The van der Waals surface area contributed by atoms with Crippen LogP contribution in [0, 0.1) is 0 Å². The summed E-state index contributed by atoms with van der Waals surface area (Å²) in [7, 11) is 0. The van der Waals surface area contributed by atoms with Crippen LogP contribution in [0.4, 0.5) is 0 Å². The van der Waals surface area contributed by atoms with Crippen molar-refractivity contribution in [1.82, 2.24) is 10.6 Å². The normalized spacial score (nSPS) is 18.2. The molecule has 5 heteroatoms. The Morgan fingerprint density at radius 2 is 1.84 bits per heavy atom. The Kier molecular flexibility index (Phi) is 11.3. The van der Waals surface area contributed by atoms with Gasteiger partial charge in [-0.2, -0.15) is 0 Å². The molecule has 0 spiro atoms. The van der Waals surface area contributed by atoms with Crippen molar-refractivity contribution in [2.24, 2.45) is 0 Å². The fraction of sp³-hybridized carbons (Fsp3) is 0.929. The summed E-state index contributed by atoms with van der Waals surface area (Å²) in [5, 5.41) is 6.07. The van der Waals surface area contributed by atoms with Crippen molar-refractivity contribution in [2.45, 2.75) is 64.6 Å². The minimum Gasteiger partial charge on any atom is -0.365 e. The number of carbonyl (C=O) groups excluding carboxylic acids is 1. The fourth-order valence-corrected chi connectivity index (χ4v) is 2.32. The van der Waals surface area contributed by atoms with E-state index >= 15 is 0 Å². The van der Waals surface area contributed by atoms with Gasteiger partial charge >= 0.3 is 0 Å². The van der Waals surface area contributed by atoms with E-state index in [2.05, 4.69) is 17.6 Å². The van der Waals surface area contributed by atoms with Crippen LogP contribution in [0.5, 0.6) is 0 Å². The van der Waals surface area contributed by atoms with Crippen molar-refractivity contribution in [2.75, 3.05) is 19.6 Å². The van der Waals surface area contributed by atoms with Gasteiger partial charge in [-0.15, -0.1) is 12.4 Å². The van der Waals surface area contributed by atoms with Crippen LogP contribution in [0.15, 0.2) is 0 Å². The molecule has 0 saturated heterocycles. The molecule has 0 bridgehead atoms. The molecule has 1 saturated carbocycles. The quantitative estimate of drug-likeness (QED) is 0.559. The molecule has 1 amide bonds. The summed E-state index contributed by atoms with van der Waals surface area (Å²) in [5.74, 6) is 0.0112. The number of ether oxygens (including phenoxy) is 1. The first-order valence-corrected chi connectivity index (χ1v) is 7.38. The van der Waals surface area contributed by atoms with Crippen molar-refractivity contribution in [3.8, 4) is 0 Å². The van der Waals surface area contributed by atoms with Gasteiger partial charge in [-0.05, 0) is 26.3 Å². The Bertz CT molecular complexity index is 231. The highest BCUT2D eigenvalue weighted by molar-refractivity contribution is 5.85. The SMILES string of the molecule is CCNCCNC(=O)C(C)OC1CCCCCC1.Cl. The topological polar surface area (TPSA) is 50.4 Å². The van der Waals surface area contributed by atoms with E-state index < -0.39 is 0 Å². The molecule has 0 heterocycles. The van der Waals surface area contributed by atoms with E-state index in [4.69, 9.17) is 4.74 Å². The highest BCUT2D eigenvalue weighted by Crippen LogP contribution is 2.20. The highest BCUT2D eigenvalue weighted by atomic mass is 35.5. The number of likely N-dealkylation sites (N-methyl/N-ethyl adjacent to an activating group) is 1. The molecule has 0 aliphatic heterocycles. The van der Waals surface area contributed by atoms with Crippen LogP contribution in [0.2, 0.25) is 0 Å². The first-order chi connectivity index (χ1) is 8.74. The molecule has 1 unspecified atom stereocenters. The first-order valence-electron chi connectivity index (χ1n) is 7.38. The predicted octanol–water partition coefficient (Wildman–Crippen LogP) is 2.26. The predicted molar refractivity (Wildman–Crippen MR) is 80.8 cm³/mol. The Morgan fingerprint density at radius 3 is 2.42 bits per heavy atom. The fourth-order valence-electron chi connectivity index (χ4n) is 2.32. The van der Waals surface area contributed by atoms with Crippen LogP contribution in [-0.2, 0) is 9.53 Å². The monoisotopic (exact) mass is 292 g/mol. The maximum atomic E-state index is 11.8. The third kappa shape index (κ3) is 8.45. The van der Waals surface area contributed by atoms with Crippen molar-refractivity contribution < 1.29 is 9.53 Å². The van der Waals surface area contributed by atoms with E-state index in [9.17, 15) is 4.79 Å². The zero-order valence-corrected chi connectivity index (χ0v) is 13.1. The van der Waals surface area contributed by atoms with Crippen LogP contribution < -0.4 is 10.6 Å². The molecule has 0 aromatic heterocycles. The van der Waals surface area contributed by atoms with E-state index in [1.54, 1.807) is 0 Å². The smallest absolute Gasteiger partial charge is 0.248 e. The lowest BCUT2D eigenvalue weighted by Crippen LogP contribution is -2.39. The average Bonchev–Trinajstić information content (AvgIpc) is 2.63. The number of carbonyl (C=O) groups is 1. The number of hydrogen-bond donors (Lipinski definition) is 2. The molecule has 0 radical (unpaired) electrons. The molecule has 1 aliphatic carbocycles. The Morgan fingerprint density at radius 1 is 1.21 bits per heavy atom. The van der Waals surface area contributed by atoms with Crippen molar-refractivity contribution in [3.05, 3.63) is 0 Å². The van der Waals surface area contributed by atoms with Crippen LogP contribution in [0.3, 0.4) is 0 Å². The summed E-state index contributed by atoms with van der Waals surface area (Å²) in [6, 6.07) is 0. The van der Waals surface area contributed by atoms with E-state index in [1.165, 1.54) is 25.7 Å². The zero-order valence-electron chi connectivity index (χ0n) is 12.2. The summed E-state index contributed by atoms with van der Waals surface area (Å²) < 4.78 is 5.86. The van der Waals surface area contributed by atoms with Crippen LogP contribution >= 0.6 is 12.4 Å². The first kappa shape index (κ1) is 18.7. The third-order valence-electron chi connectivity index (χ3n) is 3.42. The van der Waals surface area contributed by atoms with Crippen LogP contribution in [0.1, 0.15) is 52.4 Å². The minimum atomic E-state index is -0.324. The second kappa shape index (κ2) is 11.5. The van der Waals surface area contributed by atoms with Gasteiger partial charge in [0, 0.05) is 13.1 Å². The summed E-state index contributed by atoms with van der Waals surface area (Å²) in [6.45, 7) is 6.33. The van der Waals surface area contributed by atoms with E-state index in [1.807, 2.05) is 6.92 Å². The van der Waals surface area contributed by atoms with Gasteiger partial charge in [0.25, 0.3) is 0 Å². The lowest BCUT2D eigenvalue weighted by Gasteiger charge is -2.20. The molecule has 1 aliphatic rings. The third-order valence-corrected chi connectivity index (χ3v) is 3.42. The molecule has 114 valence electrons. The Balaban J connectivity index is 0.00000324. The molecule has 0 aromatic rings. The standard InChI is InChI=1S/C14H28N2O2.ClH/c1-3-15-10-11-16-14(17)12(2)18-13-8-6-4-5-7-9-13;/h12-13,15H,3-11H2,1-2H3,(H,16,17);1H. The largest absolute Gasteiger partial charge is 0.365 e. The summed E-state index contributed by atoms with van der Waals surface area (Å²) in [4.78, 5) is 11.8. The van der Waals surface area contributed by atoms with Crippen molar-refractivity contribution in [1.29, 1.82) is 0 Å². The van der Waals surface area contributed by atoms with Gasteiger partial charge in [0.1, 0.15) is 6.10 Å². The maximum Gasteiger partial charge on any atom is 0.248 e. The average molecular weight is 293 g/mol. The molecule has 19 heavy (non-hydrogen) atoms. The molecule has 4 nitrogen and oxygen atoms in total. The molecule has 1 rings (SSSR count). The number of rotatable bonds is 7. The van der Waals surface area contributed by atoms with E-state index in [0.29, 0.717) is 6.54 Å². The summed E-state index contributed by atoms with van der Waals surface area (Å²) in [5.41, 5.74) is 0. The van der Waals surface area contributed by atoms with Crippen molar-refractivity contribution in [3.63, 3.8) is 0 Å². The van der Waals surface area contributed by atoms with Crippen LogP contribution in [-0.4, -0.2) is 37.7 Å². The summed E-state index contributed by atoms with van der Waals surface area (Å²) in [6.07, 6.45) is 7.26. The van der Waals surface area contributed by atoms with E-state index in [-0.39, 0.29) is 30.5 Å². The van der Waals surface area contributed by atoms with Gasteiger partial charge in [0.2, 0.25) is 5.91 Å². The number of amides is 1. The second-order valence-electron chi connectivity index (χ2n) is 5.04.